The van der Waals surface area contributed by atoms with E-state index in [0.717, 1.165) is 22.4 Å². The van der Waals surface area contributed by atoms with E-state index in [2.05, 4.69) is 12.1 Å². The molecule has 2 nitrogen and oxygen atoms in total. The Kier molecular flexibility index (Phi) is 3.88. The Morgan fingerprint density at radius 3 is 2.19 bits per heavy atom. The molecule has 1 N–H and O–H groups in total. The van der Waals surface area contributed by atoms with Crippen LogP contribution in [0.4, 0.5) is 0 Å². The number of aromatic hydroxyl groups is 1. The molecule has 0 amide bonds. The first kappa shape index (κ1) is 13.3. The highest BCUT2D eigenvalue weighted by atomic mass is 16.5. The zero-order valence-corrected chi connectivity index (χ0v) is 11.6. The van der Waals surface area contributed by atoms with Gasteiger partial charge in [-0.15, -0.1) is 0 Å². The summed E-state index contributed by atoms with van der Waals surface area (Å²) in [6.07, 6.45) is 0. The maximum Gasteiger partial charge on any atom is 0.127 e. The topological polar surface area (TPSA) is 29.5 Å². The molecule has 104 valence electrons. The van der Waals surface area contributed by atoms with Crippen LogP contribution in [0.5, 0.6) is 11.5 Å². The molecule has 0 fully saturated rings. The lowest BCUT2D eigenvalue weighted by Crippen LogP contribution is -1.97. The third-order valence-electron chi connectivity index (χ3n) is 3.35. The lowest BCUT2D eigenvalue weighted by molar-refractivity contribution is 0.300. The van der Waals surface area contributed by atoms with E-state index in [1.165, 1.54) is 0 Å². The van der Waals surface area contributed by atoms with Gasteiger partial charge in [0.2, 0.25) is 0 Å². The van der Waals surface area contributed by atoms with Crippen LogP contribution >= 0.6 is 0 Å². The number of rotatable bonds is 4. The Morgan fingerprint density at radius 1 is 0.714 bits per heavy atom. The lowest BCUT2D eigenvalue weighted by Gasteiger charge is -2.12. The van der Waals surface area contributed by atoms with Gasteiger partial charge >= 0.3 is 0 Å². The fraction of sp³-hybridized carbons (Fsp3) is 0.0526. The molecule has 0 heterocycles. The Bertz CT molecular complexity index is 720. The second-order valence-electron chi connectivity index (χ2n) is 4.78. The largest absolute Gasteiger partial charge is 0.508 e. The second kappa shape index (κ2) is 6.14. The first-order valence-corrected chi connectivity index (χ1v) is 6.89. The maximum absolute atomic E-state index is 9.79. The molecule has 0 aliphatic carbocycles. The quantitative estimate of drug-likeness (QED) is 0.752. The van der Waals surface area contributed by atoms with Crippen LogP contribution in [-0.4, -0.2) is 5.11 Å². The number of phenolic OH excluding ortho intramolecular Hbond substituents is 1. The molecule has 2 heteroatoms. The summed E-state index contributed by atoms with van der Waals surface area (Å²) in [4.78, 5) is 0. The van der Waals surface area contributed by atoms with Crippen molar-refractivity contribution in [1.82, 2.24) is 0 Å². The molecule has 0 saturated heterocycles. The molecular weight excluding hydrogens is 260 g/mol. The molecule has 0 spiro atoms. The van der Waals surface area contributed by atoms with Gasteiger partial charge in [-0.25, -0.2) is 0 Å². The number of ether oxygens (including phenoxy) is 1. The van der Waals surface area contributed by atoms with Gasteiger partial charge in [0.15, 0.2) is 0 Å². The highest BCUT2D eigenvalue weighted by Gasteiger charge is 2.06. The van der Waals surface area contributed by atoms with Crippen LogP contribution in [0.15, 0.2) is 78.9 Å². The van der Waals surface area contributed by atoms with E-state index in [4.69, 9.17) is 4.74 Å². The van der Waals surface area contributed by atoms with Gasteiger partial charge in [0, 0.05) is 11.1 Å². The van der Waals surface area contributed by atoms with Gasteiger partial charge in [-0.2, -0.15) is 0 Å². The Morgan fingerprint density at radius 2 is 1.38 bits per heavy atom. The molecule has 3 rings (SSSR count). The zero-order chi connectivity index (χ0) is 14.5. The first-order chi connectivity index (χ1) is 10.3. The summed E-state index contributed by atoms with van der Waals surface area (Å²) in [6, 6.07) is 25.3. The summed E-state index contributed by atoms with van der Waals surface area (Å²) in [5.74, 6) is 1.07. The molecule has 0 aliphatic heterocycles. The second-order valence-corrected chi connectivity index (χ2v) is 4.78. The van der Waals surface area contributed by atoms with Crippen LogP contribution in [0, 0.1) is 0 Å². The van der Waals surface area contributed by atoms with E-state index in [0.29, 0.717) is 6.61 Å². The first-order valence-electron chi connectivity index (χ1n) is 6.89. The van der Waals surface area contributed by atoms with E-state index in [9.17, 15) is 5.11 Å². The van der Waals surface area contributed by atoms with Crippen molar-refractivity contribution >= 4 is 0 Å². The smallest absolute Gasteiger partial charge is 0.127 e. The molecule has 0 saturated carbocycles. The van der Waals surface area contributed by atoms with E-state index >= 15 is 0 Å². The van der Waals surface area contributed by atoms with E-state index in [1.54, 1.807) is 12.1 Å². The van der Waals surface area contributed by atoms with Crippen LogP contribution in [0.25, 0.3) is 11.1 Å². The summed E-state index contributed by atoms with van der Waals surface area (Å²) in [7, 11) is 0. The highest BCUT2D eigenvalue weighted by molar-refractivity contribution is 5.70. The van der Waals surface area contributed by atoms with Crippen molar-refractivity contribution in [1.29, 1.82) is 0 Å². The summed E-state index contributed by atoms with van der Waals surface area (Å²) < 4.78 is 5.90. The Labute approximate surface area is 124 Å². The monoisotopic (exact) mass is 276 g/mol. The van der Waals surface area contributed by atoms with Crippen molar-refractivity contribution < 1.29 is 9.84 Å². The van der Waals surface area contributed by atoms with Gasteiger partial charge < -0.3 is 9.84 Å². The summed E-state index contributed by atoms with van der Waals surface area (Å²) in [6.45, 7) is 0.344. The van der Waals surface area contributed by atoms with Gasteiger partial charge in [0.1, 0.15) is 18.1 Å². The van der Waals surface area contributed by atoms with Crippen molar-refractivity contribution in [2.75, 3.05) is 0 Å². The van der Waals surface area contributed by atoms with Crippen LogP contribution in [0.3, 0.4) is 0 Å². The third-order valence-corrected chi connectivity index (χ3v) is 3.35. The molecule has 3 aromatic rings. The normalized spacial score (nSPS) is 10.3. The molecule has 0 unspecified atom stereocenters. The molecule has 0 bridgehead atoms. The average Bonchev–Trinajstić information content (AvgIpc) is 2.55. The third kappa shape index (κ3) is 3.06. The summed E-state index contributed by atoms with van der Waals surface area (Å²) in [5, 5.41) is 9.79. The van der Waals surface area contributed by atoms with Gasteiger partial charge in [-0.3, -0.25) is 0 Å². The SMILES string of the molecule is Oc1ccccc1COc1ccccc1-c1ccccc1. The molecule has 3 aromatic carbocycles. The summed E-state index contributed by atoms with van der Waals surface area (Å²) in [5.41, 5.74) is 2.94. The minimum Gasteiger partial charge on any atom is -0.508 e. The maximum atomic E-state index is 9.79. The highest BCUT2D eigenvalue weighted by Crippen LogP contribution is 2.30. The Balaban J connectivity index is 1.85. The van der Waals surface area contributed by atoms with Crippen LogP contribution in [0.1, 0.15) is 5.56 Å². The van der Waals surface area contributed by atoms with Crippen molar-refractivity contribution in [2.45, 2.75) is 6.61 Å². The number of phenols is 1. The number of hydrogen-bond donors (Lipinski definition) is 1. The van der Waals surface area contributed by atoms with E-state index < -0.39 is 0 Å². The van der Waals surface area contributed by atoms with Crippen LogP contribution < -0.4 is 4.74 Å². The van der Waals surface area contributed by atoms with E-state index in [1.807, 2.05) is 54.6 Å². The van der Waals surface area contributed by atoms with Crippen molar-refractivity contribution in [3.05, 3.63) is 84.4 Å². The van der Waals surface area contributed by atoms with Gasteiger partial charge in [-0.05, 0) is 17.7 Å². The zero-order valence-electron chi connectivity index (χ0n) is 11.6. The summed E-state index contributed by atoms with van der Waals surface area (Å²) >= 11 is 0. The van der Waals surface area contributed by atoms with Crippen LogP contribution in [-0.2, 0) is 6.61 Å². The van der Waals surface area contributed by atoms with Crippen molar-refractivity contribution in [3.8, 4) is 22.6 Å². The molecule has 0 aromatic heterocycles. The predicted octanol–water partition coefficient (Wildman–Crippen LogP) is 4.64. The molecule has 0 aliphatic rings. The number of benzene rings is 3. The van der Waals surface area contributed by atoms with E-state index in [-0.39, 0.29) is 5.75 Å². The fourth-order valence-corrected chi connectivity index (χ4v) is 2.24. The molecule has 21 heavy (non-hydrogen) atoms. The number of para-hydroxylation sites is 2. The lowest BCUT2D eigenvalue weighted by atomic mass is 10.0. The van der Waals surface area contributed by atoms with Crippen molar-refractivity contribution in [2.24, 2.45) is 0 Å². The average molecular weight is 276 g/mol. The van der Waals surface area contributed by atoms with Gasteiger partial charge in [0.25, 0.3) is 0 Å². The number of hydrogen-bond acceptors (Lipinski definition) is 2. The standard InChI is InChI=1S/C19H16O2/c20-18-12-6-4-10-16(18)14-21-19-13-7-5-11-17(19)15-8-2-1-3-9-15/h1-13,20H,14H2. The van der Waals surface area contributed by atoms with Gasteiger partial charge in [0.05, 0.1) is 0 Å². The van der Waals surface area contributed by atoms with Gasteiger partial charge in [-0.1, -0.05) is 66.7 Å². The Hall–Kier alpha value is -2.74. The molecular formula is C19H16O2. The minimum absolute atomic E-state index is 0.259. The molecule has 0 atom stereocenters. The van der Waals surface area contributed by atoms with Crippen LogP contribution in [0.2, 0.25) is 0 Å². The molecule has 0 radical (unpaired) electrons. The fourth-order valence-electron chi connectivity index (χ4n) is 2.24. The van der Waals surface area contributed by atoms with Crippen molar-refractivity contribution in [3.63, 3.8) is 0 Å². The predicted molar refractivity (Wildman–Crippen MR) is 84.3 cm³/mol. The minimum atomic E-state index is 0.259.